The molecule has 1 saturated carbocycles. The van der Waals surface area contributed by atoms with Crippen molar-refractivity contribution in [3.63, 3.8) is 0 Å². The van der Waals surface area contributed by atoms with E-state index in [0.29, 0.717) is 5.92 Å². The first-order chi connectivity index (χ1) is 14.6. The molecule has 0 bridgehead atoms. The highest BCUT2D eigenvalue weighted by atomic mass is 19.2. The number of methoxy groups -OCH3 is 1. The molecule has 0 aromatic heterocycles. The van der Waals surface area contributed by atoms with E-state index in [-0.39, 0.29) is 11.3 Å². The van der Waals surface area contributed by atoms with E-state index in [1.165, 1.54) is 82.6 Å². The lowest BCUT2D eigenvalue weighted by molar-refractivity contribution is 0.302. The molecule has 1 aliphatic rings. The third kappa shape index (κ3) is 5.85. The highest BCUT2D eigenvalue weighted by Gasteiger charge is 2.22. The van der Waals surface area contributed by atoms with E-state index in [1.54, 1.807) is 0 Å². The molecule has 160 valence electrons. The summed E-state index contributed by atoms with van der Waals surface area (Å²) in [5.74, 6) is 5.13. The Morgan fingerprint density at radius 1 is 0.867 bits per heavy atom. The average Bonchev–Trinajstić information content (AvgIpc) is 2.79. The fourth-order valence-corrected chi connectivity index (χ4v) is 4.41. The molecule has 3 heteroatoms. The molecule has 3 rings (SSSR count). The predicted molar refractivity (Wildman–Crippen MR) is 119 cm³/mol. The second-order valence-electron chi connectivity index (χ2n) is 8.38. The van der Waals surface area contributed by atoms with Crippen LogP contribution >= 0.6 is 0 Å². The lowest BCUT2D eigenvalue weighted by Crippen LogP contribution is -2.13. The summed E-state index contributed by atoms with van der Waals surface area (Å²) in [5.41, 5.74) is 2.21. The van der Waals surface area contributed by atoms with Gasteiger partial charge in [0.1, 0.15) is 0 Å². The average molecular weight is 411 g/mol. The van der Waals surface area contributed by atoms with Crippen LogP contribution in [0.15, 0.2) is 36.4 Å². The van der Waals surface area contributed by atoms with Gasteiger partial charge in [-0.25, -0.2) is 4.39 Å². The molecule has 0 aliphatic heterocycles. The minimum absolute atomic E-state index is 0.0367. The van der Waals surface area contributed by atoms with Crippen molar-refractivity contribution in [3.05, 3.63) is 64.7 Å². The van der Waals surface area contributed by atoms with Crippen LogP contribution in [-0.4, -0.2) is 7.11 Å². The zero-order valence-electron chi connectivity index (χ0n) is 18.1. The van der Waals surface area contributed by atoms with E-state index < -0.39 is 11.6 Å². The summed E-state index contributed by atoms with van der Waals surface area (Å²) in [7, 11) is 1.31. The Morgan fingerprint density at radius 2 is 1.60 bits per heavy atom. The smallest absolute Gasteiger partial charge is 0.201 e. The lowest BCUT2D eigenvalue weighted by atomic mass is 9.77. The van der Waals surface area contributed by atoms with Crippen LogP contribution in [-0.2, 0) is 0 Å². The molecular weight excluding hydrogens is 378 g/mol. The van der Waals surface area contributed by atoms with Gasteiger partial charge in [-0.05, 0) is 67.3 Å². The van der Waals surface area contributed by atoms with Crippen molar-refractivity contribution in [1.29, 1.82) is 0 Å². The fourth-order valence-electron chi connectivity index (χ4n) is 4.41. The van der Waals surface area contributed by atoms with E-state index in [2.05, 4.69) is 30.9 Å². The van der Waals surface area contributed by atoms with Crippen molar-refractivity contribution in [3.8, 4) is 17.6 Å². The Kier molecular flexibility index (Phi) is 8.31. The first-order valence-corrected chi connectivity index (χ1v) is 11.3. The van der Waals surface area contributed by atoms with Crippen LogP contribution in [0.4, 0.5) is 8.78 Å². The maximum absolute atomic E-state index is 14.0. The van der Waals surface area contributed by atoms with Gasteiger partial charge in [0.25, 0.3) is 0 Å². The van der Waals surface area contributed by atoms with Crippen molar-refractivity contribution in [2.75, 3.05) is 7.11 Å². The van der Waals surface area contributed by atoms with E-state index in [9.17, 15) is 8.78 Å². The Labute approximate surface area is 179 Å². The SMILES string of the molecule is CCCCCC[C@H]1CC[C@H](c2ccc(C#Cc3ccc(OC)c(F)c3F)cc2)CC1. The summed E-state index contributed by atoms with van der Waals surface area (Å²) < 4.78 is 32.6. The number of ether oxygens (including phenoxy) is 1. The van der Waals surface area contributed by atoms with Crippen molar-refractivity contribution in [2.45, 2.75) is 70.6 Å². The quantitative estimate of drug-likeness (QED) is 0.337. The molecule has 2 aromatic rings. The van der Waals surface area contributed by atoms with E-state index >= 15 is 0 Å². The molecular formula is C27H32F2O. The number of rotatable bonds is 7. The summed E-state index contributed by atoms with van der Waals surface area (Å²) >= 11 is 0. The Hall–Kier alpha value is -2.34. The number of halogens is 2. The van der Waals surface area contributed by atoms with Crippen LogP contribution < -0.4 is 4.74 Å². The highest BCUT2D eigenvalue weighted by Crippen LogP contribution is 2.37. The van der Waals surface area contributed by atoms with Crippen LogP contribution in [0, 0.1) is 29.4 Å². The van der Waals surface area contributed by atoms with Crippen LogP contribution in [0.3, 0.4) is 0 Å². The topological polar surface area (TPSA) is 9.23 Å². The summed E-state index contributed by atoms with van der Waals surface area (Å²) in [5, 5.41) is 0. The normalized spacial score (nSPS) is 18.5. The third-order valence-electron chi connectivity index (χ3n) is 6.30. The molecule has 0 N–H and O–H groups in total. The number of benzene rings is 2. The molecule has 0 saturated heterocycles. The van der Waals surface area contributed by atoms with Gasteiger partial charge < -0.3 is 4.74 Å². The summed E-state index contributed by atoms with van der Waals surface area (Å²) in [6.45, 7) is 2.26. The number of hydrogen-bond donors (Lipinski definition) is 0. The fraction of sp³-hybridized carbons (Fsp3) is 0.481. The first kappa shape index (κ1) is 22.3. The van der Waals surface area contributed by atoms with Gasteiger partial charge in [-0.2, -0.15) is 4.39 Å². The van der Waals surface area contributed by atoms with Crippen molar-refractivity contribution in [2.24, 2.45) is 5.92 Å². The number of unbranched alkanes of at least 4 members (excludes halogenated alkanes) is 3. The zero-order valence-corrected chi connectivity index (χ0v) is 18.1. The third-order valence-corrected chi connectivity index (χ3v) is 6.30. The Balaban J connectivity index is 1.56. The van der Waals surface area contributed by atoms with Gasteiger partial charge in [0.15, 0.2) is 11.6 Å². The Morgan fingerprint density at radius 3 is 2.27 bits per heavy atom. The molecule has 0 unspecified atom stereocenters. The van der Waals surface area contributed by atoms with Crippen molar-refractivity contribution >= 4 is 0 Å². The molecule has 30 heavy (non-hydrogen) atoms. The second kappa shape index (κ2) is 11.2. The lowest BCUT2D eigenvalue weighted by Gasteiger charge is -2.29. The molecule has 1 aliphatic carbocycles. The molecule has 0 spiro atoms. The van der Waals surface area contributed by atoms with Gasteiger partial charge in [0.05, 0.1) is 12.7 Å². The van der Waals surface area contributed by atoms with Gasteiger partial charge in [-0.1, -0.05) is 63.0 Å². The van der Waals surface area contributed by atoms with Gasteiger partial charge in [0.2, 0.25) is 5.82 Å². The zero-order chi connectivity index (χ0) is 21.3. The van der Waals surface area contributed by atoms with Gasteiger partial charge in [-0.15, -0.1) is 0 Å². The predicted octanol–water partition coefficient (Wildman–Crippen LogP) is 7.62. The summed E-state index contributed by atoms with van der Waals surface area (Å²) in [6.07, 6.45) is 12.0. The molecule has 2 aromatic carbocycles. The van der Waals surface area contributed by atoms with E-state index in [4.69, 9.17) is 4.74 Å². The maximum Gasteiger partial charge on any atom is 0.201 e. The maximum atomic E-state index is 14.0. The van der Waals surface area contributed by atoms with Gasteiger partial charge in [0, 0.05) is 5.56 Å². The second-order valence-corrected chi connectivity index (χ2v) is 8.38. The van der Waals surface area contributed by atoms with Crippen LogP contribution in [0.25, 0.3) is 0 Å². The van der Waals surface area contributed by atoms with Gasteiger partial charge >= 0.3 is 0 Å². The Bertz CT molecular complexity index is 868. The first-order valence-electron chi connectivity index (χ1n) is 11.3. The molecule has 1 fully saturated rings. The molecule has 0 heterocycles. The minimum Gasteiger partial charge on any atom is -0.494 e. The van der Waals surface area contributed by atoms with E-state index in [0.717, 1.165) is 11.5 Å². The molecule has 0 atom stereocenters. The molecule has 1 nitrogen and oxygen atoms in total. The van der Waals surface area contributed by atoms with Crippen molar-refractivity contribution in [1.82, 2.24) is 0 Å². The van der Waals surface area contributed by atoms with E-state index in [1.807, 2.05) is 12.1 Å². The highest BCUT2D eigenvalue weighted by molar-refractivity contribution is 5.46. The molecule has 0 radical (unpaired) electrons. The minimum atomic E-state index is -0.999. The van der Waals surface area contributed by atoms with Crippen LogP contribution in [0.5, 0.6) is 5.75 Å². The van der Waals surface area contributed by atoms with Crippen LogP contribution in [0.1, 0.15) is 87.3 Å². The standard InChI is InChI=1S/C27H32F2O/c1-3-4-5-6-7-20-8-13-22(14-9-20)23-15-10-21(11-16-23)12-17-24-18-19-25(30-2)27(29)26(24)28/h10-11,15-16,18-20,22H,3-9,13-14H2,1-2H3/t20-,22-. The molecule has 0 amide bonds. The largest absolute Gasteiger partial charge is 0.494 e. The van der Waals surface area contributed by atoms with Crippen LogP contribution in [0.2, 0.25) is 0 Å². The summed E-state index contributed by atoms with van der Waals surface area (Å²) in [4.78, 5) is 0. The number of hydrogen-bond acceptors (Lipinski definition) is 1. The van der Waals surface area contributed by atoms with Gasteiger partial charge in [-0.3, -0.25) is 0 Å². The monoisotopic (exact) mass is 410 g/mol. The van der Waals surface area contributed by atoms with Crippen molar-refractivity contribution < 1.29 is 13.5 Å². The summed E-state index contributed by atoms with van der Waals surface area (Å²) in [6, 6.07) is 11.1.